The molecular weight excluding hydrogens is 167 g/mol. The van der Waals surface area contributed by atoms with Crippen molar-refractivity contribution in [3.05, 3.63) is 5.82 Å². The molecule has 1 N–H and O–H groups in total. The van der Waals surface area contributed by atoms with Gasteiger partial charge in [0.15, 0.2) is 5.82 Å². The van der Waals surface area contributed by atoms with E-state index in [4.69, 9.17) is 5.11 Å². The summed E-state index contributed by atoms with van der Waals surface area (Å²) in [6.45, 7) is 2.03. The Morgan fingerprint density at radius 1 is 1.83 bits per heavy atom. The van der Waals surface area contributed by atoms with Gasteiger partial charge in [0.05, 0.1) is 0 Å². The van der Waals surface area contributed by atoms with Crippen LogP contribution < -0.4 is 0 Å². The summed E-state index contributed by atoms with van der Waals surface area (Å²) in [6.07, 6.45) is -2.15. The topological polar surface area (TPSA) is 80.9 Å². The largest absolute Gasteiger partial charge is 0.479 e. The summed E-state index contributed by atoms with van der Waals surface area (Å²) in [7, 11) is 0. The Kier molecular flexibility index (Phi) is 2.32. The number of aromatic nitrogens is 4. The third-order valence-electron chi connectivity index (χ3n) is 1.30. The average Bonchev–Trinajstić information content (AvgIpc) is 2.49. The van der Waals surface area contributed by atoms with Crippen molar-refractivity contribution >= 4 is 5.97 Å². The number of hydrogen-bond acceptors (Lipinski definition) is 4. The van der Waals surface area contributed by atoms with Gasteiger partial charge < -0.3 is 5.11 Å². The van der Waals surface area contributed by atoms with E-state index in [2.05, 4.69) is 15.5 Å². The summed E-state index contributed by atoms with van der Waals surface area (Å²) < 4.78 is 13.9. The monoisotopic (exact) mass is 174 g/mol. The van der Waals surface area contributed by atoms with Gasteiger partial charge in [0.25, 0.3) is 6.17 Å². The number of rotatable bonds is 3. The van der Waals surface area contributed by atoms with Crippen LogP contribution in [0, 0.1) is 0 Å². The van der Waals surface area contributed by atoms with Crippen LogP contribution in [0.2, 0.25) is 0 Å². The number of aryl methyl sites for hydroxylation is 1. The fraction of sp³-hybridized carbons (Fsp3) is 0.600. The Bertz CT molecular complexity index is 287. The van der Waals surface area contributed by atoms with Crippen LogP contribution in [0.5, 0.6) is 0 Å². The second kappa shape index (κ2) is 3.24. The molecule has 1 atom stereocenters. The normalized spacial score (nSPS) is 12.8. The molecule has 0 aromatic carbocycles. The molecule has 0 amide bonds. The summed E-state index contributed by atoms with van der Waals surface area (Å²) in [5.74, 6) is -1.86. The van der Waals surface area contributed by atoms with Crippen LogP contribution in [-0.2, 0) is 11.3 Å². The highest BCUT2D eigenvalue weighted by atomic mass is 19.1. The number of tetrazole rings is 1. The number of halogens is 1. The molecule has 12 heavy (non-hydrogen) atoms. The number of carboxylic acids is 1. The minimum atomic E-state index is -2.15. The van der Waals surface area contributed by atoms with E-state index < -0.39 is 12.1 Å². The molecule has 1 unspecified atom stereocenters. The predicted molar refractivity (Wildman–Crippen MR) is 35.0 cm³/mol. The predicted octanol–water partition coefficient (Wildman–Crippen LogP) is -0.212. The molecule has 0 saturated carbocycles. The van der Waals surface area contributed by atoms with Crippen LogP contribution in [0.3, 0.4) is 0 Å². The highest BCUT2D eigenvalue weighted by Crippen LogP contribution is 2.12. The molecule has 0 aliphatic heterocycles. The Balaban J connectivity index is 2.93. The first-order valence-corrected chi connectivity index (χ1v) is 3.29. The quantitative estimate of drug-likeness (QED) is 0.685. The molecule has 0 bridgehead atoms. The second-order valence-corrected chi connectivity index (χ2v) is 2.05. The summed E-state index contributed by atoms with van der Waals surface area (Å²) in [4.78, 5) is 10.2. The zero-order valence-corrected chi connectivity index (χ0v) is 6.31. The highest BCUT2D eigenvalue weighted by molar-refractivity contribution is 5.72. The van der Waals surface area contributed by atoms with Crippen LogP contribution in [0.15, 0.2) is 0 Å². The summed E-state index contributed by atoms with van der Waals surface area (Å²) in [6, 6.07) is 0. The molecule has 66 valence electrons. The molecular formula is C5H7FN4O2. The van der Waals surface area contributed by atoms with Crippen LogP contribution >= 0.6 is 0 Å². The maximum Gasteiger partial charge on any atom is 0.346 e. The Hall–Kier alpha value is -1.53. The Morgan fingerprint density at radius 2 is 2.50 bits per heavy atom. The van der Waals surface area contributed by atoms with E-state index in [1.807, 2.05) is 0 Å². The fourth-order valence-electron chi connectivity index (χ4n) is 0.729. The molecule has 0 saturated heterocycles. The van der Waals surface area contributed by atoms with Crippen LogP contribution in [0.1, 0.15) is 18.9 Å². The summed E-state index contributed by atoms with van der Waals surface area (Å²) >= 11 is 0. The van der Waals surface area contributed by atoms with Crippen molar-refractivity contribution in [1.29, 1.82) is 0 Å². The minimum Gasteiger partial charge on any atom is -0.479 e. The van der Waals surface area contributed by atoms with Gasteiger partial charge in [0.2, 0.25) is 0 Å². The molecule has 0 radical (unpaired) electrons. The number of hydrogen-bond donors (Lipinski definition) is 1. The molecule has 0 aliphatic carbocycles. The lowest BCUT2D eigenvalue weighted by Gasteiger charge is -2.00. The molecule has 0 fully saturated rings. The molecule has 7 heteroatoms. The first kappa shape index (κ1) is 8.57. The van der Waals surface area contributed by atoms with E-state index in [-0.39, 0.29) is 5.82 Å². The minimum absolute atomic E-state index is 0.273. The number of aliphatic carboxylic acids is 1. The fourth-order valence-corrected chi connectivity index (χ4v) is 0.729. The summed E-state index contributed by atoms with van der Waals surface area (Å²) in [5, 5.41) is 18.1. The molecule has 6 nitrogen and oxygen atoms in total. The lowest BCUT2D eigenvalue weighted by Crippen LogP contribution is -2.13. The van der Waals surface area contributed by atoms with Gasteiger partial charge in [-0.3, -0.25) is 0 Å². The molecule has 0 spiro atoms. The lowest BCUT2D eigenvalue weighted by atomic mass is 10.4. The SMILES string of the molecule is CCn1nnnc1C(F)C(=O)O. The lowest BCUT2D eigenvalue weighted by molar-refractivity contribution is -0.143. The molecule has 1 heterocycles. The van der Waals surface area contributed by atoms with E-state index >= 15 is 0 Å². The van der Waals surface area contributed by atoms with Gasteiger partial charge in [-0.05, 0) is 17.4 Å². The molecule has 0 aliphatic rings. The van der Waals surface area contributed by atoms with Gasteiger partial charge in [-0.25, -0.2) is 13.9 Å². The van der Waals surface area contributed by atoms with Crippen molar-refractivity contribution in [2.24, 2.45) is 0 Å². The zero-order chi connectivity index (χ0) is 9.14. The van der Waals surface area contributed by atoms with Crippen molar-refractivity contribution in [3.63, 3.8) is 0 Å². The molecule has 1 aromatic rings. The smallest absolute Gasteiger partial charge is 0.346 e. The van der Waals surface area contributed by atoms with E-state index in [9.17, 15) is 9.18 Å². The highest BCUT2D eigenvalue weighted by Gasteiger charge is 2.24. The van der Waals surface area contributed by atoms with Crippen molar-refractivity contribution < 1.29 is 14.3 Å². The van der Waals surface area contributed by atoms with Crippen molar-refractivity contribution in [1.82, 2.24) is 20.2 Å². The van der Waals surface area contributed by atoms with Gasteiger partial charge in [-0.1, -0.05) is 0 Å². The Labute approximate surface area is 67.0 Å². The first-order chi connectivity index (χ1) is 5.66. The van der Waals surface area contributed by atoms with E-state index in [0.29, 0.717) is 6.54 Å². The Morgan fingerprint density at radius 3 is 3.00 bits per heavy atom. The van der Waals surface area contributed by atoms with Gasteiger partial charge in [0.1, 0.15) is 0 Å². The van der Waals surface area contributed by atoms with Crippen molar-refractivity contribution in [3.8, 4) is 0 Å². The average molecular weight is 174 g/mol. The van der Waals surface area contributed by atoms with Gasteiger partial charge in [0, 0.05) is 6.54 Å². The first-order valence-electron chi connectivity index (χ1n) is 3.29. The number of nitrogens with zero attached hydrogens (tertiary/aromatic N) is 4. The maximum atomic E-state index is 12.8. The summed E-state index contributed by atoms with van der Waals surface area (Å²) in [5.41, 5.74) is 0. The zero-order valence-electron chi connectivity index (χ0n) is 6.31. The third kappa shape index (κ3) is 1.39. The van der Waals surface area contributed by atoms with Gasteiger partial charge in [-0.15, -0.1) is 5.10 Å². The van der Waals surface area contributed by atoms with E-state index in [0.717, 1.165) is 4.68 Å². The number of carboxylic acid groups (broad SMARTS) is 1. The standard InChI is InChI=1S/C5H7FN4O2/c1-2-10-4(7-8-9-10)3(6)5(11)12/h3H,2H2,1H3,(H,11,12). The third-order valence-corrected chi connectivity index (χ3v) is 1.30. The van der Waals surface area contributed by atoms with E-state index in [1.54, 1.807) is 6.92 Å². The van der Waals surface area contributed by atoms with Crippen molar-refractivity contribution in [2.45, 2.75) is 19.6 Å². The van der Waals surface area contributed by atoms with Crippen molar-refractivity contribution in [2.75, 3.05) is 0 Å². The number of carbonyl (C=O) groups is 1. The van der Waals surface area contributed by atoms with Gasteiger partial charge >= 0.3 is 5.97 Å². The van der Waals surface area contributed by atoms with Gasteiger partial charge in [-0.2, -0.15) is 0 Å². The number of alkyl halides is 1. The second-order valence-electron chi connectivity index (χ2n) is 2.05. The van der Waals surface area contributed by atoms with E-state index in [1.165, 1.54) is 0 Å². The molecule has 1 aromatic heterocycles. The van der Waals surface area contributed by atoms with Crippen LogP contribution in [0.4, 0.5) is 4.39 Å². The molecule has 1 rings (SSSR count). The van der Waals surface area contributed by atoms with Crippen LogP contribution in [0.25, 0.3) is 0 Å². The maximum absolute atomic E-state index is 12.8. The van der Waals surface area contributed by atoms with Crippen LogP contribution in [-0.4, -0.2) is 31.3 Å².